The van der Waals surface area contributed by atoms with Gasteiger partial charge in [-0.15, -0.1) is 0 Å². The molecule has 0 saturated carbocycles. The van der Waals surface area contributed by atoms with Crippen molar-refractivity contribution in [1.82, 2.24) is 5.32 Å². The van der Waals surface area contributed by atoms with Crippen molar-refractivity contribution in [3.8, 4) is 0 Å². The van der Waals surface area contributed by atoms with Crippen LogP contribution in [0.15, 0.2) is 0 Å². The summed E-state index contributed by atoms with van der Waals surface area (Å²) in [5.74, 6) is 0. The summed E-state index contributed by atoms with van der Waals surface area (Å²) in [7, 11) is 1.73. The lowest BCUT2D eigenvalue weighted by Gasteiger charge is -2.25. The minimum absolute atomic E-state index is 0.306. The third kappa shape index (κ3) is 10.4. The van der Waals surface area contributed by atoms with Gasteiger partial charge in [-0.25, -0.2) is 0 Å². The Balaban J connectivity index is 3.38. The van der Waals surface area contributed by atoms with E-state index in [1.54, 1.807) is 7.11 Å². The van der Waals surface area contributed by atoms with E-state index < -0.39 is 0 Å². The largest absolute Gasteiger partial charge is 0.383 e. The van der Waals surface area contributed by atoms with E-state index in [0.29, 0.717) is 5.41 Å². The summed E-state index contributed by atoms with van der Waals surface area (Å²) in [6.07, 6.45) is 3.49. The van der Waals surface area contributed by atoms with E-state index in [1.807, 2.05) is 0 Å². The molecule has 0 aliphatic heterocycles. The fraction of sp³-hybridized carbons (Fsp3) is 1.00. The van der Waals surface area contributed by atoms with Crippen LogP contribution < -0.4 is 5.32 Å². The van der Waals surface area contributed by atoms with Gasteiger partial charge in [-0.2, -0.15) is 0 Å². The molecule has 0 heterocycles. The third-order valence-electron chi connectivity index (χ3n) is 2.65. The van der Waals surface area contributed by atoms with Gasteiger partial charge in [0.1, 0.15) is 0 Å². The van der Waals surface area contributed by atoms with Gasteiger partial charge < -0.3 is 14.8 Å². The summed E-state index contributed by atoms with van der Waals surface area (Å²) in [6.45, 7) is 11.2. The van der Waals surface area contributed by atoms with E-state index in [2.05, 4.69) is 26.1 Å². The Bertz CT molecular complexity index is 149. The van der Waals surface area contributed by atoms with Crippen LogP contribution in [0, 0.1) is 5.41 Å². The second-order valence-electron chi connectivity index (χ2n) is 5.05. The van der Waals surface area contributed by atoms with Crippen molar-refractivity contribution < 1.29 is 9.47 Å². The van der Waals surface area contributed by atoms with Gasteiger partial charge in [-0.05, 0) is 18.3 Å². The number of nitrogens with one attached hydrogen (secondary N) is 1. The Morgan fingerprint density at radius 1 is 1.12 bits per heavy atom. The molecule has 0 unspecified atom stereocenters. The first-order valence-corrected chi connectivity index (χ1v) is 6.40. The summed E-state index contributed by atoms with van der Waals surface area (Å²) in [4.78, 5) is 0. The Labute approximate surface area is 101 Å². The van der Waals surface area contributed by atoms with E-state index in [9.17, 15) is 0 Å². The van der Waals surface area contributed by atoms with E-state index in [0.717, 1.165) is 39.3 Å². The number of rotatable bonds is 11. The second-order valence-corrected chi connectivity index (χ2v) is 5.05. The summed E-state index contributed by atoms with van der Waals surface area (Å²) < 4.78 is 10.6. The van der Waals surface area contributed by atoms with E-state index >= 15 is 0 Å². The predicted molar refractivity (Wildman–Crippen MR) is 68.9 cm³/mol. The normalized spacial score (nSPS) is 12.0. The van der Waals surface area contributed by atoms with Crippen LogP contribution in [0.2, 0.25) is 0 Å². The molecule has 0 aliphatic rings. The van der Waals surface area contributed by atoms with Gasteiger partial charge in [0.2, 0.25) is 0 Å². The summed E-state index contributed by atoms with van der Waals surface area (Å²) in [5, 5.41) is 3.40. The molecule has 0 radical (unpaired) electrons. The zero-order valence-electron chi connectivity index (χ0n) is 11.5. The molecule has 3 heteroatoms. The lowest BCUT2D eigenvalue weighted by atomic mass is 9.90. The highest BCUT2D eigenvalue weighted by Crippen LogP contribution is 2.18. The fourth-order valence-electron chi connectivity index (χ4n) is 1.39. The molecule has 0 atom stereocenters. The maximum atomic E-state index is 5.58. The Hall–Kier alpha value is -0.120. The average Bonchev–Trinajstić information content (AvgIpc) is 2.24. The van der Waals surface area contributed by atoms with Crippen molar-refractivity contribution in [1.29, 1.82) is 0 Å². The molecule has 0 aromatic carbocycles. The molecular formula is C13H29NO2. The first kappa shape index (κ1) is 15.9. The fourth-order valence-corrected chi connectivity index (χ4v) is 1.39. The number of hydrogen-bond donors (Lipinski definition) is 1. The molecule has 0 aromatic heterocycles. The zero-order chi connectivity index (χ0) is 12.3. The Morgan fingerprint density at radius 2 is 1.88 bits per heavy atom. The standard InChI is InChI=1S/C13H29NO2/c1-5-6-9-16-10-7-13(2,3)12-14-8-11-15-4/h14H,5-12H2,1-4H3. The third-order valence-corrected chi connectivity index (χ3v) is 2.65. The van der Waals surface area contributed by atoms with Crippen LogP contribution in [0.1, 0.15) is 40.0 Å². The predicted octanol–water partition coefficient (Wildman–Crippen LogP) is 2.46. The van der Waals surface area contributed by atoms with Crippen molar-refractivity contribution in [2.24, 2.45) is 5.41 Å². The molecule has 1 N–H and O–H groups in total. The number of methoxy groups -OCH3 is 1. The van der Waals surface area contributed by atoms with Crippen LogP contribution in [0.25, 0.3) is 0 Å². The van der Waals surface area contributed by atoms with Gasteiger partial charge in [0.15, 0.2) is 0 Å². The minimum atomic E-state index is 0.306. The van der Waals surface area contributed by atoms with Crippen LogP contribution >= 0.6 is 0 Å². The maximum absolute atomic E-state index is 5.58. The molecule has 3 nitrogen and oxygen atoms in total. The van der Waals surface area contributed by atoms with Crippen LogP contribution in [0.5, 0.6) is 0 Å². The second kappa shape index (κ2) is 10.1. The van der Waals surface area contributed by atoms with Gasteiger partial charge >= 0.3 is 0 Å². The molecule has 0 rings (SSSR count). The van der Waals surface area contributed by atoms with Crippen molar-refractivity contribution in [3.63, 3.8) is 0 Å². The van der Waals surface area contributed by atoms with E-state index in [-0.39, 0.29) is 0 Å². The highest BCUT2D eigenvalue weighted by Gasteiger charge is 2.16. The van der Waals surface area contributed by atoms with Gasteiger partial charge in [0.05, 0.1) is 6.61 Å². The molecule has 0 aromatic rings. The molecular weight excluding hydrogens is 202 g/mol. The van der Waals surface area contributed by atoms with Crippen LogP contribution in [-0.4, -0.2) is 40.0 Å². The highest BCUT2D eigenvalue weighted by molar-refractivity contribution is 4.71. The zero-order valence-corrected chi connectivity index (χ0v) is 11.5. The van der Waals surface area contributed by atoms with Crippen LogP contribution in [-0.2, 0) is 9.47 Å². The maximum Gasteiger partial charge on any atom is 0.0587 e. The molecule has 16 heavy (non-hydrogen) atoms. The first-order valence-electron chi connectivity index (χ1n) is 6.40. The molecule has 0 aliphatic carbocycles. The molecule has 0 spiro atoms. The van der Waals surface area contributed by atoms with Crippen molar-refractivity contribution in [2.45, 2.75) is 40.0 Å². The van der Waals surface area contributed by atoms with Crippen molar-refractivity contribution in [2.75, 3.05) is 40.0 Å². The van der Waals surface area contributed by atoms with Gasteiger partial charge in [0.25, 0.3) is 0 Å². The molecule has 0 fully saturated rings. The molecule has 0 bridgehead atoms. The number of unbranched alkanes of at least 4 members (excludes halogenated alkanes) is 1. The topological polar surface area (TPSA) is 30.5 Å². The Morgan fingerprint density at radius 3 is 2.50 bits per heavy atom. The minimum Gasteiger partial charge on any atom is -0.383 e. The quantitative estimate of drug-likeness (QED) is 0.554. The van der Waals surface area contributed by atoms with E-state index in [1.165, 1.54) is 12.8 Å². The Kier molecular flexibility index (Phi) is 9.99. The monoisotopic (exact) mass is 231 g/mol. The smallest absolute Gasteiger partial charge is 0.0587 e. The van der Waals surface area contributed by atoms with Gasteiger partial charge in [-0.3, -0.25) is 0 Å². The number of hydrogen-bond acceptors (Lipinski definition) is 3. The van der Waals surface area contributed by atoms with Gasteiger partial charge in [0, 0.05) is 33.4 Å². The van der Waals surface area contributed by atoms with Crippen LogP contribution in [0.4, 0.5) is 0 Å². The van der Waals surface area contributed by atoms with E-state index in [4.69, 9.17) is 9.47 Å². The highest BCUT2D eigenvalue weighted by atomic mass is 16.5. The first-order chi connectivity index (χ1) is 7.62. The average molecular weight is 231 g/mol. The number of ether oxygens (including phenoxy) is 2. The summed E-state index contributed by atoms with van der Waals surface area (Å²) in [6, 6.07) is 0. The summed E-state index contributed by atoms with van der Waals surface area (Å²) in [5.41, 5.74) is 0.306. The van der Waals surface area contributed by atoms with Crippen molar-refractivity contribution >= 4 is 0 Å². The lowest BCUT2D eigenvalue weighted by Crippen LogP contribution is -2.32. The van der Waals surface area contributed by atoms with Gasteiger partial charge in [-0.1, -0.05) is 27.2 Å². The molecule has 0 saturated heterocycles. The molecule has 0 amide bonds. The van der Waals surface area contributed by atoms with Crippen LogP contribution in [0.3, 0.4) is 0 Å². The summed E-state index contributed by atoms with van der Waals surface area (Å²) >= 11 is 0. The SMILES string of the molecule is CCCCOCCC(C)(C)CNCCOC. The lowest BCUT2D eigenvalue weighted by molar-refractivity contribution is 0.100. The molecule has 98 valence electrons. The van der Waals surface area contributed by atoms with Crippen molar-refractivity contribution in [3.05, 3.63) is 0 Å².